The van der Waals surface area contributed by atoms with Gasteiger partial charge in [-0.05, 0) is 20.8 Å². The first-order valence-electron chi connectivity index (χ1n) is 6.36. The van der Waals surface area contributed by atoms with E-state index in [0.29, 0.717) is 6.54 Å². The minimum Gasteiger partial charge on any atom is -0.354 e. The third-order valence-corrected chi connectivity index (χ3v) is 3.44. The van der Waals surface area contributed by atoms with Crippen LogP contribution in [0.15, 0.2) is 17.1 Å². The molecule has 0 atom stereocenters. The second kappa shape index (κ2) is 5.32. The second-order valence-electron chi connectivity index (χ2n) is 4.90. The Morgan fingerprint density at radius 1 is 1.40 bits per heavy atom. The Balaban J connectivity index is 2.17. The largest absolute Gasteiger partial charge is 0.354 e. The Bertz CT molecular complexity index is 693. The van der Waals surface area contributed by atoms with Crippen LogP contribution in [0.1, 0.15) is 33.0 Å². The fourth-order valence-electron chi connectivity index (χ4n) is 2.00. The molecule has 0 radical (unpaired) electrons. The van der Waals surface area contributed by atoms with Crippen LogP contribution in [0, 0.1) is 20.8 Å². The summed E-state index contributed by atoms with van der Waals surface area (Å²) in [4.78, 5) is 23.9. The van der Waals surface area contributed by atoms with Crippen LogP contribution in [-0.2, 0) is 13.6 Å². The third-order valence-electron chi connectivity index (χ3n) is 3.44. The predicted octanol–water partition coefficient (Wildman–Crippen LogP) is 0.964. The fraction of sp³-hybridized carbons (Fsp3) is 0.357. The van der Waals surface area contributed by atoms with Gasteiger partial charge in [0.1, 0.15) is 5.56 Å². The number of amides is 1. The van der Waals surface area contributed by atoms with Crippen molar-refractivity contribution in [2.24, 2.45) is 7.05 Å². The molecule has 0 fully saturated rings. The van der Waals surface area contributed by atoms with E-state index < -0.39 is 0 Å². The number of hydrogen-bond acceptors (Lipinski definition) is 3. The SMILES string of the molecule is Cc1n[nH]c(C)c1CNC(=O)c1cn(C)c(C)cc1=O. The third kappa shape index (κ3) is 2.64. The zero-order valence-corrected chi connectivity index (χ0v) is 12.1. The van der Waals surface area contributed by atoms with Gasteiger partial charge in [-0.2, -0.15) is 5.10 Å². The molecule has 0 spiro atoms. The van der Waals surface area contributed by atoms with Crippen molar-refractivity contribution in [3.63, 3.8) is 0 Å². The van der Waals surface area contributed by atoms with Crippen molar-refractivity contribution in [3.05, 3.63) is 50.7 Å². The van der Waals surface area contributed by atoms with Crippen molar-refractivity contribution < 1.29 is 4.79 Å². The number of carbonyl (C=O) groups is 1. The summed E-state index contributed by atoms with van der Waals surface area (Å²) in [5.41, 5.74) is 3.41. The molecule has 20 heavy (non-hydrogen) atoms. The Kier molecular flexibility index (Phi) is 3.74. The molecule has 106 valence electrons. The number of hydrogen-bond donors (Lipinski definition) is 2. The zero-order valence-electron chi connectivity index (χ0n) is 12.1. The van der Waals surface area contributed by atoms with Crippen LogP contribution in [0.5, 0.6) is 0 Å². The number of aromatic amines is 1. The van der Waals surface area contributed by atoms with E-state index in [1.54, 1.807) is 17.8 Å². The number of carbonyl (C=O) groups excluding carboxylic acids is 1. The zero-order chi connectivity index (χ0) is 14.9. The average molecular weight is 274 g/mol. The number of nitrogens with one attached hydrogen (secondary N) is 2. The lowest BCUT2D eigenvalue weighted by molar-refractivity contribution is 0.0949. The molecule has 2 heterocycles. The summed E-state index contributed by atoms with van der Waals surface area (Å²) < 4.78 is 1.75. The highest BCUT2D eigenvalue weighted by molar-refractivity contribution is 5.93. The van der Waals surface area contributed by atoms with Crippen molar-refractivity contribution in [1.82, 2.24) is 20.1 Å². The molecule has 0 bridgehead atoms. The molecule has 0 aromatic carbocycles. The van der Waals surface area contributed by atoms with Crippen LogP contribution in [0.25, 0.3) is 0 Å². The van der Waals surface area contributed by atoms with E-state index in [1.165, 1.54) is 6.07 Å². The highest BCUT2D eigenvalue weighted by atomic mass is 16.2. The first kappa shape index (κ1) is 14.0. The normalized spacial score (nSPS) is 10.6. The van der Waals surface area contributed by atoms with Crippen LogP contribution in [-0.4, -0.2) is 20.7 Å². The highest BCUT2D eigenvalue weighted by Crippen LogP contribution is 2.08. The Morgan fingerprint density at radius 3 is 2.70 bits per heavy atom. The van der Waals surface area contributed by atoms with Gasteiger partial charge in [0.05, 0.1) is 5.69 Å². The minimum absolute atomic E-state index is 0.150. The van der Waals surface area contributed by atoms with Gasteiger partial charge in [0.15, 0.2) is 5.43 Å². The van der Waals surface area contributed by atoms with E-state index in [4.69, 9.17) is 0 Å². The lowest BCUT2D eigenvalue weighted by atomic mass is 10.2. The molecule has 1 amide bonds. The van der Waals surface area contributed by atoms with Crippen LogP contribution >= 0.6 is 0 Å². The van der Waals surface area contributed by atoms with E-state index in [2.05, 4.69) is 15.5 Å². The molecule has 2 N–H and O–H groups in total. The van der Waals surface area contributed by atoms with Crippen LogP contribution in [0.2, 0.25) is 0 Å². The average Bonchev–Trinajstić information content (AvgIpc) is 2.71. The van der Waals surface area contributed by atoms with Crippen molar-refractivity contribution in [3.8, 4) is 0 Å². The molecule has 0 saturated carbocycles. The second-order valence-corrected chi connectivity index (χ2v) is 4.90. The van der Waals surface area contributed by atoms with E-state index in [-0.39, 0.29) is 16.9 Å². The number of pyridine rings is 1. The molecular formula is C14H18N4O2. The van der Waals surface area contributed by atoms with Crippen LogP contribution < -0.4 is 10.7 Å². The summed E-state index contributed by atoms with van der Waals surface area (Å²) in [7, 11) is 1.80. The molecule has 2 aromatic rings. The van der Waals surface area contributed by atoms with E-state index in [9.17, 15) is 9.59 Å². The molecule has 2 rings (SSSR count). The standard InChI is InChI=1S/C14H18N4O2/c1-8-5-13(19)12(7-18(8)4)14(20)15-6-11-9(2)16-17-10(11)3/h5,7H,6H2,1-4H3,(H,15,20)(H,16,17). The molecule has 6 nitrogen and oxygen atoms in total. The number of H-pyrrole nitrogens is 1. The summed E-state index contributed by atoms with van der Waals surface area (Å²) in [5.74, 6) is -0.370. The van der Waals surface area contributed by atoms with E-state index in [0.717, 1.165) is 22.6 Å². The smallest absolute Gasteiger partial charge is 0.257 e. The van der Waals surface area contributed by atoms with Gasteiger partial charge in [-0.25, -0.2) is 0 Å². The number of rotatable bonds is 3. The van der Waals surface area contributed by atoms with Crippen molar-refractivity contribution >= 4 is 5.91 Å². The van der Waals surface area contributed by atoms with Gasteiger partial charge in [0, 0.05) is 42.8 Å². The lowest BCUT2D eigenvalue weighted by Gasteiger charge is -2.08. The molecule has 0 aliphatic rings. The van der Waals surface area contributed by atoms with Gasteiger partial charge in [0.2, 0.25) is 0 Å². The maximum Gasteiger partial charge on any atom is 0.257 e. The molecule has 0 saturated heterocycles. The summed E-state index contributed by atoms with van der Waals surface area (Å²) in [6.45, 7) is 5.94. The van der Waals surface area contributed by atoms with Gasteiger partial charge in [0.25, 0.3) is 5.91 Å². The quantitative estimate of drug-likeness (QED) is 0.875. The summed E-state index contributed by atoms with van der Waals surface area (Å²) >= 11 is 0. The minimum atomic E-state index is -0.370. The van der Waals surface area contributed by atoms with Crippen LogP contribution in [0.3, 0.4) is 0 Å². The molecular weight excluding hydrogens is 256 g/mol. The van der Waals surface area contributed by atoms with E-state index in [1.807, 2.05) is 20.8 Å². The van der Waals surface area contributed by atoms with Crippen LogP contribution in [0.4, 0.5) is 0 Å². The van der Waals surface area contributed by atoms with Gasteiger partial charge >= 0.3 is 0 Å². The van der Waals surface area contributed by atoms with Gasteiger partial charge < -0.3 is 9.88 Å². The molecule has 0 aliphatic heterocycles. The Morgan fingerprint density at radius 2 is 2.10 bits per heavy atom. The summed E-state index contributed by atoms with van der Waals surface area (Å²) in [5, 5.41) is 9.69. The summed E-state index contributed by atoms with van der Waals surface area (Å²) in [6.07, 6.45) is 1.56. The maximum absolute atomic E-state index is 12.1. The van der Waals surface area contributed by atoms with Crippen molar-refractivity contribution in [2.45, 2.75) is 27.3 Å². The number of aromatic nitrogens is 3. The van der Waals surface area contributed by atoms with Crippen molar-refractivity contribution in [2.75, 3.05) is 0 Å². The molecule has 0 aliphatic carbocycles. The van der Waals surface area contributed by atoms with Gasteiger partial charge in [-0.3, -0.25) is 14.7 Å². The Labute approximate surface area is 116 Å². The lowest BCUT2D eigenvalue weighted by Crippen LogP contribution is -2.29. The number of nitrogens with zero attached hydrogens (tertiary/aromatic N) is 2. The highest BCUT2D eigenvalue weighted by Gasteiger charge is 2.13. The first-order valence-corrected chi connectivity index (χ1v) is 6.36. The molecule has 2 aromatic heterocycles. The maximum atomic E-state index is 12.1. The molecule has 0 unspecified atom stereocenters. The predicted molar refractivity (Wildman–Crippen MR) is 75.7 cm³/mol. The topological polar surface area (TPSA) is 79.8 Å². The first-order chi connectivity index (χ1) is 9.40. The van der Waals surface area contributed by atoms with Crippen molar-refractivity contribution in [1.29, 1.82) is 0 Å². The number of aryl methyl sites for hydroxylation is 4. The Hall–Kier alpha value is -2.37. The monoisotopic (exact) mass is 274 g/mol. The fourth-order valence-corrected chi connectivity index (χ4v) is 2.00. The van der Waals surface area contributed by atoms with Gasteiger partial charge in [-0.1, -0.05) is 0 Å². The molecule has 6 heteroatoms. The summed E-state index contributed by atoms with van der Waals surface area (Å²) in [6, 6.07) is 1.46. The van der Waals surface area contributed by atoms with Gasteiger partial charge in [-0.15, -0.1) is 0 Å². The van der Waals surface area contributed by atoms with E-state index >= 15 is 0 Å².